The van der Waals surface area contributed by atoms with Crippen molar-refractivity contribution in [3.63, 3.8) is 0 Å². The third-order valence-electron chi connectivity index (χ3n) is 5.51. The van der Waals surface area contributed by atoms with Crippen LogP contribution < -0.4 is 15.5 Å². The molecule has 0 unspecified atom stereocenters. The highest BCUT2D eigenvalue weighted by molar-refractivity contribution is 6.31. The standard InChI is InChI=1S/C23H27ClN4O3/c1-14-9-10-17(24)12-19(14)26-23(31)16(3)27(4)13-22(30)28-15(2)11-21(29)25-18-7-5-6-8-20(18)28/h5-10,12,15-16H,11,13H2,1-4H3,(H,25,29)(H,26,31)/t15-,16-/m1/s1. The molecule has 2 atom stereocenters. The molecule has 0 saturated carbocycles. The Morgan fingerprint density at radius 1 is 1.29 bits per heavy atom. The van der Waals surface area contributed by atoms with E-state index in [1.807, 2.05) is 38.1 Å². The van der Waals surface area contributed by atoms with Gasteiger partial charge in [-0.15, -0.1) is 0 Å². The summed E-state index contributed by atoms with van der Waals surface area (Å²) in [5.74, 6) is -0.549. The van der Waals surface area contributed by atoms with Crippen LogP contribution in [0.25, 0.3) is 0 Å². The van der Waals surface area contributed by atoms with Crippen molar-refractivity contribution in [2.75, 3.05) is 29.1 Å². The maximum absolute atomic E-state index is 13.2. The van der Waals surface area contributed by atoms with E-state index >= 15 is 0 Å². The smallest absolute Gasteiger partial charge is 0.241 e. The molecule has 8 heteroatoms. The Kier molecular flexibility index (Phi) is 6.97. The molecule has 164 valence electrons. The molecule has 0 fully saturated rings. The molecule has 1 aliphatic heterocycles. The number of nitrogens with zero attached hydrogens (tertiary/aromatic N) is 2. The van der Waals surface area contributed by atoms with Crippen LogP contribution in [0.4, 0.5) is 17.1 Å². The Hall–Kier alpha value is -2.90. The number of fused-ring (bicyclic) bond motifs is 1. The summed E-state index contributed by atoms with van der Waals surface area (Å²) in [5.41, 5.74) is 2.81. The SMILES string of the molecule is Cc1ccc(Cl)cc1NC(=O)[C@@H](C)N(C)CC(=O)N1c2ccccc2NC(=O)C[C@H]1C. The number of benzene rings is 2. The predicted molar refractivity (Wildman–Crippen MR) is 124 cm³/mol. The molecule has 0 spiro atoms. The van der Waals surface area contributed by atoms with E-state index in [4.69, 9.17) is 11.6 Å². The van der Waals surface area contributed by atoms with Crippen LogP contribution in [0.15, 0.2) is 42.5 Å². The third-order valence-corrected chi connectivity index (χ3v) is 5.75. The van der Waals surface area contributed by atoms with E-state index in [1.54, 1.807) is 42.0 Å². The Labute approximate surface area is 187 Å². The van der Waals surface area contributed by atoms with Gasteiger partial charge in [0.25, 0.3) is 0 Å². The van der Waals surface area contributed by atoms with Crippen molar-refractivity contribution in [2.45, 2.75) is 39.3 Å². The molecule has 0 saturated heterocycles. The normalized spacial score (nSPS) is 16.9. The fraction of sp³-hybridized carbons (Fsp3) is 0.348. The molecule has 3 amide bonds. The van der Waals surface area contributed by atoms with Crippen LogP contribution >= 0.6 is 11.6 Å². The van der Waals surface area contributed by atoms with Crippen LogP contribution in [0.2, 0.25) is 5.02 Å². The number of para-hydroxylation sites is 2. The molecule has 2 N–H and O–H groups in total. The van der Waals surface area contributed by atoms with E-state index in [0.29, 0.717) is 22.1 Å². The quantitative estimate of drug-likeness (QED) is 0.740. The molecular weight excluding hydrogens is 416 g/mol. The lowest BCUT2D eigenvalue weighted by Gasteiger charge is -2.31. The maximum atomic E-state index is 13.2. The molecule has 31 heavy (non-hydrogen) atoms. The number of likely N-dealkylation sites (N-methyl/N-ethyl adjacent to an activating group) is 1. The van der Waals surface area contributed by atoms with E-state index in [9.17, 15) is 14.4 Å². The average molecular weight is 443 g/mol. The molecule has 1 heterocycles. The van der Waals surface area contributed by atoms with E-state index < -0.39 is 6.04 Å². The number of hydrogen-bond donors (Lipinski definition) is 2. The highest BCUT2D eigenvalue weighted by atomic mass is 35.5. The summed E-state index contributed by atoms with van der Waals surface area (Å²) >= 11 is 6.03. The summed E-state index contributed by atoms with van der Waals surface area (Å²) in [4.78, 5) is 41.5. The van der Waals surface area contributed by atoms with Gasteiger partial charge >= 0.3 is 0 Å². The number of aryl methyl sites for hydroxylation is 1. The number of carbonyl (C=O) groups is 3. The zero-order valence-corrected chi connectivity index (χ0v) is 18.9. The fourth-order valence-corrected chi connectivity index (χ4v) is 3.73. The third kappa shape index (κ3) is 5.24. The van der Waals surface area contributed by atoms with Crippen molar-refractivity contribution in [1.82, 2.24) is 4.90 Å². The Morgan fingerprint density at radius 2 is 2.00 bits per heavy atom. The van der Waals surface area contributed by atoms with Gasteiger partial charge in [-0.3, -0.25) is 19.3 Å². The van der Waals surface area contributed by atoms with E-state index in [1.165, 1.54) is 0 Å². The topological polar surface area (TPSA) is 81.8 Å². The van der Waals surface area contributed by atoms with Gasteiger partial charge < -0.3 is 15.5 Å². The van der Waals surface area contributed by atoms with Gasteiger partial charge in [0, 0.05) is 23.2 Å². The monoisotopic (exact) mass is 442 g/mol. The minimum absolute atomic E-state index is 0.0238. The first-order valence-electron chi connectivity index (χ1n) is 10.2. The van der Waals surface area contributed by atoms with Crippen LogP contribution in [0, 0.1) is 6.92 Å². The second-order valence-corrected chi connectivity index (χ2v) is 8.36. The van der Waals surface area contributed by atoms with Gasteiger partial charge in [0.2, 0.25) is 17.7 Å². The Morgan fingerprint density at radius 3 is 2.74 bits per heavy atom. The van der Waals surface area contributed by atoms with Gasteiger partial charge in [-0.05, 0) is 57.6 Å². The minimum Gasteiger partial charge on any atom is -0.324 e. The molecule has 0 radical (unpaired) electrons. The van der Waals surface area contributed by atoms with Gasteiger partial charge in [-0.25, -0.2) is 0 Å². The molecule has 2 aromatic carbocycles. The first-order chi connectivity index (χ1) is 14.7. The molecule has 0 aromatic heterocycles. The maximum Gasteiger partial charge on any atom is 0.241 e. The van der Waals surface area contributed by atoms with Crippen LogP contribution in [0.5, 0.6) is 0 Å². The summed E-state index contributed by atoms with van der Waals surface area (Å²) in [7, 11) is 1.73. The van der Waals surface area contributed by atoms with Crippen LogP contribution in [-0.2, 0) is 14.4 Å². The average Bonchev–Trinajstić information content (AvgIpc) is 2.84. The summed E-state index contributed by atoms with van der Waals surface area (Å²) in [6, 6.07) is 11.7. The number of hydrogen-bond acceptors (Lipinski definition) is 4. The molecule has 7 nitrogen and oxygen atoms in total. The molecule has 3 rings (SSSR count). The van der Waals surface area contributed by atoms with Crippen LogP contribution in [0.1, 0.15) is 25.8 Å². The highest BCUT2D eigenvalue weighted by Gasteiger charge is 2.31. The zero-order chi connectivity index (χ0) is 22.7. The zero-order valence-electron chi connectivity index (χ0n) is 18.1. The van der Waals surface area contributed by atoms with E-state index in [-0.39, 0.29) is 36.7 Å². The summed E-state index contributed by atoms with van der Waals surface area (Å²) < 4.78 is 0. The van der Waals surface area contributed by atoms with Gasteiger partial charge in [-0.1, -0.05) is 29.8 Å². The van der Waals surface area contributed by atoms with Crippen LogP contribution in [0.3, 0.4) is 0 Å². The number of nitrogens with one attached hydrogen (secondary N) is 2. The summed E-state index contributed by atoms with van der Waals surface area (Å²) in [6.07, 6.45) is 0.203. The van der Waals surface area contributed by atoms with Gasteiger partial charge in [0.1, 0.15) is 0 Å². The van der Waals surface area contributed by atoms with Crippen molar-refractivity contribution in [3.05, 3.63) is 53.1 Å². The van der Waals surface area contributed by atoms with E-state index in [2.05, 4.69) is 10.6 Å². The van der Waals surface area contributed by atoms with Gasteiger partial charge in [0.15, 0.2) is 0 Å². The van der Waals surface area contributed by atoms with Crippen molar-refractivity contribution in [2.24, 2.45) is 0 Å². The number of amides is 3. The molecule has 2 aromatic rings. The first kappa shape index (κ1) is 22.8. The number of halogens is 1. The molecule has 1 aliphatic rings. The number of rotatable bonds is 5. The second-order valence-electron chi connectivity index (χ2n) is 7.92. The van der Waals surface area contributed by atoms with Gasteiger partial charge in [0.05, 0.1) is 24.0 Å². The molecule has 0 aliphatic carbocycles. The van der Waals surface area contributed by atoms with Crippen molar-refractivity contribution >= 4 is 46.4 Å². The van der Waals surface area contributed by atoms with Crippen LogP contribution in [-0.4, -0.2) is 48.3 Å². The summed E-state index contributed by atoms with van der Waals surface area (Å²) in [5, 5.41) is 6.26. The lowest BCUT2D eigenvalue weighted by atomic mass is 10.1. The van der Waals surface area contributed by atoms with Crippen molar-refractivity contribution < 1.29 is 14.4 Å². The minimum atomic E-state index is -0.556. The molecule has 0 bridgehead atoms. The number of anilines is 3. The van der Waals surface area contributed by atoms with Crippen molar-refractivity contribution in [3.8, 4) is 0 Å². The fourth-order valence-electron chi connectivity index (χ4n) is 3.56. The highest BCUT2D eigenvalue weighted by Crippen LogP contribution is 2.31. The largest absolute Gasteiger partial charge is 0.324 e. The Bertz CT molecular complexity index is 1010. The summed E-state index contributed by atoms with van der Waals surface area (Å²) in [6.45, 7) is 5.50. The predicted octanol–water partition coefficient (Wildman–Crippen LogP) is 3.67. The number of carbonyl (C=O) groups excluding carboxylic acids is 3. The lowest BCUT2D eigenvalue weighted by molar-refractivity contribution is -0.123. The lowest BCUT2D eigenvalue weighted by Crippen LogP contribution is -2.48. The van der Waals surface area contributed by atoms with E-state index in [0.717, 1.165) is 5.56 Å². The van der Waals surface area contributed by atoms with Gasteiger partial charge in [-0.2, -0.15) is 0 Å². The van der Waals surface area contributed by atoms with Crippen molar-refractivity contribution in [1.29, 1.82) is 0 Å². The second kappa shape index (κ2) is 9.49. The first-order valence-corrected chi connectivity index (χ1v) is 10.5. The Balaban J connectivity index is 1.72. The molecular formula is C23H27ClN4O3.